The molecular formula is C28H45N3O7. The third-order valence-electron chi connectivity index (χ3n) is 6.46. The van der Waals surface area contributed by atoms with Gasteiger partial charge in [-0.2, -0.15) is 0 Å². The van der Waals surface area contributed by atoms with Crippen molar-refractivity contribution in [3.8, 4) is 0 Å². The van der Waals surface area contributed by atoms with Gasteiger partial charge in [-0.15, -0.1) is 4.99 Å². The number of aliphatic imine (C=N–C) groups is 1. The van der Waals surface area contributed by atoms with Crippen molar-refractivity contribution in [3.05, 3.63) is 12.3 Å². The highest BCUT2D eigenvalue weighted by molar-refractivity contribution is 6.03. The molecule has 0 aromatic rings. The molecule has 0 bridgehead atoms. The number of nitrogens with zero attached hydrogens (tertiary/aromatic N) is 3. The highest BCUT2D eigenvalue weighted by atomic mass is 16.6. The Morgan fingerprint density at radius 1 is 0.974 bits per heavy atom. The van der Waals surface area contributed by atoms with Crippen molar-refractivity contribution in [3.63, 3.8) is 0 Å². The van der Waals surface area contributed by atoms with Crippen LogP contribution in [0.5, 0.6) is 0 Å². The van der Waals surface area contributed by atoms with Crippen LogP contribution >= 0.6 is 0 Å². The predicted molar refractivity (Wildman–Crippen MR) is 144 cm³/mol. The van der Waals surface area contributed by atoms with Crippen LogP contribution < -0.4 is 0 Å². The van der Waals surface area contributed by atoms with Gasteiger partial charge in [-0.25, -0.2) is 14.5 Å². The number of carboxylic acids is 1. The fraction of sp³-hybridized carbons (Fsp3) is 0.750. The van der Waals surface area contributed by atoms with Gasteiger partial charge >= 0.3 is 18.2 Å². The van der Waals surface area contributed by atoms with Crippen molar-refractivity contribution < 1.29 is 33.8 Å². The van der Waals surface area contributed by atoms with Crippen molar-refractivity contribution in [2.75, 3.05) is 0 Å². The van der Waals surface area contributed by atoms with Gasteiger partial charge in [0.2, 0.25) is 5.96 Å². The summed E-state index contributed by atoms with van der Waals surface area (Å²) in [6.45, 7) is 16.2. The van der Waals surface area contributed by atoms with Crippen molar-refractivity contribution in [2.24, 2.45) is 10.9 Å². The Balaban J connectivity index is 2.45. The van der Waals surface area contributed by atoms with Gasteiger partial charge < -0.3 is 19.5 Å². The summed E-state index contributed by atoms with van der Waals surface area (Å²) in [7, 11) is 0. The Bertz CT molecular complexity index is 945. The Morgan fingerprint density at radius 2 is 1.58 bits per heavy atom. The lowest BCUT2D eigenvalue weighted by Crippen LogP contribution is -2.61. The van der Waals surface area contributed by atoms with Crippen LogP contribution in [-0.4, -0.2) is 68.1 Å². The number of carbonyl (C=O) groups excluding carboxylic acids is 3. The SMILES string of the molecule is C=C1[C@H](C(=O)O)C2CC[C@@H](CC(=O)CCCCCCC)N2/C(=N\C(=O)OC(C)(C)C)N1C(=O)OC(C)(C)C. The Kier molecular flexibility index (Phi) is 10.5. The Hall–Kier alpha value is -2.91. The summed E-state index contributed by atoms with van der Waals surface area (Å²) in [6, 6.07) is -1.05. The molecule has 2 fully saturated rings. The molecule has 1 unspecified atom stereocenters. The van der Waals surface area contributed by atoms with E-state index >= 15 is 0 Å². The van der Waals surface area contributed by atoms with E-state index in [2.05, 4.69) is 18.5 Å². The third kappa shape index (κ3) is 8.56. The van der Waals surface area contributed by atoms with Crippen LogP contribution in [0.1, 0.15) is 106 Å². The molecule has 0 aromatic heterocycles. The summed E-state index contributed by atoms with van der Waals surface area (Å²) >= 11 is 0. The monoisotopic (exact) mass is 535 g/mol. The van der Waals surface area contributed by atoms with E-state index in [1.54, 1.807) is 46.4 Å². The number of carbonyl (C=O) groups is 4. The average Bonchev–Trinajstić information content (AvgIpc) is 3.13. The van der Waals surface area contributed by atoms with E-state index in [9.17, 15) is 24.3 Å². The van der Waals surface area contributed by atoms with Gasteiger partial charge in [0.1, 0.15) is 22.9 Å². The van der Waals surface area contributed by atoms with Crippen LogP contribution in [0, 0.1) is 5.92 Å². The lowest BCUT2D eigenvalue weighted by molar-refractivity contribution is -0.143. The van der Waals surface area contributed by atoms with Crippen molar-refractivity contribution in [1.82, 2.24) is 9.80 Å². The molecule has 3 atom stereocenters. The van der Waals surface area contributed by atoms with E-state index in [4.69, 9.17) is 9.47 Å². The molecule has 0 spiro atoms. The average molecular weight is 536 g/mol. The van der Waals surface area contributed by atoms with Crippen LogP contribution in [0.4, 0.5) is 9.59 Å². The predicted octanol–water partition coefficient (Wildman–Crippen LogP) is 5.90. The number of Topliss-reactive ketones (excluding diaryl/α,β-unsaturated/α-hetero) is 1. The molecule has 0 aromatic carbocycles. The van der Waals surface area contributed by atoms with Gasteiger partial charge in [0.05, 0.1) is 6.04 Å². The van der Waals surface area contributed by atoms with E-state index in [1.165, 1.54) is 0 Å². The molecule has 2 aliphatic rings. The summed E-state index contributed by atoms with van der Waals surface area (Å²) < 4.78 is 10.9. The third-order valence-corrected chi connectivity index (χ3v) is 6.46. The van der Waals surface area contributed by atoms with E-state index in [0.717, 1.165) is 37.0 Å². The Labute approximate surface area is 226 Å². The van der Waals surface area contributed by atoms with E-state index in [0.29, 0.717) is 19.3 Å². The highest BCUT2D eigenvalue weighted by Crippen LogP contribution is 2.41. The number of carboxylic acid groups (broad SMARTS) is 1. The molecule has 10 heteroatoms. The number of ether oxygens (including phenoxy) is 2. The zero-order valence-electron chi connectivity index (χ0n) is 24.0. The van der Waals surface area contributed by atoms with Crippen LogP contribution in [0.3, 0.4) is 0 Å². The molecule has 38 heavy (non-hydrogen) atoms. The van der Waals surface area contributed by atoms with Gasteiger partial charge in [0.15, 0.2) is 0 Å². The molecular weight excluding hydrogens is 490 g/mol. The summed E-state index contributed by atoms with van der Waals surface area (Å²) in [5.41, 5.74) is -1.79. The molecule has 2 saturated heterocycles. The van der Waals surface area contributed by atoms with Crippen LogP contribution in [0.25, 0.3) is 0 Å². The quantitative estimate of drug-likeness (QED) is 0.362. The number of fused-ring (bicyclic) bond motifs is 1. The summed E-state index contributed by atoms with van der Waals surface area (Å²) in [6.07, 6.45) is 4.84. The van der Waals surface area contributed by atoms with Gasteiger partial charge in [0.25, 0.3) is 0 Å². The highest BCUT2D eigenvalue weighted by Gasteiger charge is 2.53. The molecule has 0 radical (unpaired) electrons. The van der Waals surface area contributed by atoms with Crippen LogP contribution in [0.15, 0.2) is 17.3 Å². The van der Waals surface area contributed by atoms with Gasteiger partial charge in [-0.3, -0.25) is 9.59 Å². The number of guanidine groups is 1. The summed E-state index contributed by atoms with van der Waals surface area (Å²) in [5.74, 6) is -2.35. The lowest BCUT2D eigenvalue weighted by Gasteiger charge is -2.46. The van der Waals surface area contributed by atoms with Gasteiger partial charge in [-0.1, -0.05) is 39.2 Å². The second kappa shape index (κ2) is 12.8. The number of hydrogen-bond acceptors (Lipinski definition) is 6. The number of rotatable bonds is 9. The standard InChI is InChI=1S/C28H45N3O7/c1-9-10-11-12-13-14-20(32)17-19-15-16-21-22(23(33)34)18(2)30(26(36)38-28(6,7)8)24(31(19)21)29-25(35)37-27(3,4)5/h19,21-22H,2,9-17H2,1,3-8H3,(H,33,34)/b29-24-/t19-,21?,22-/m0/s1. The topological polar surface area (TPSA) is 126 Å². The number of aliphatic carboxylic acids is 1. The van der Waals surface area contributed by atoms with E-state index < -0.39 is 47.4 Å². The first-order chi connectivity index (χ1) is 17.6. The second-order valence-corrected chi connectivity index (χ2v) is 12.1. The van der Waals surface area contributed by atoms with Crippen LogP contribution in [-0.2, 0) is 19.1 Å². The largest absolute Gasteiger partial charge is 0.481 e. The van der Waals surface area contributed by atoms with E-state index in [-0.39, 0.29) is 23.9 Å². The minimum absolute atomic E-state index is 0.0433. The zero-order valence-corrected chi connectivity index (χ0v) is 24.0. The first kappa shape index (κ1) is 31.3. The van der Waals surface area contributed by atoms with Crippen molar-refractivity contribution >= 4 is 29.9 Å². The summed E-state index contributed by atoms with van der Waals surface area (Å²) in [4.78, 5) is 58.2. The zero-order chi connectivity index (χ0) is 28.8. The van der Waals surface area contributed by atoms with E-state index in [1.807, 2.05) is 0 Å². The molecule has 10 nitrogen and oxygen atoms in total. The molecule has 214 valence electrons. The molecule has 2 aliphatic heterocycles. The maximum absolute atomic E-state index is 13.3. The van der Waals surface area contributed by atoms with Crippen molar-refractivity contribution in [2.45, 2.75) is 130 Å². The van der Waals surface area contributed by atoms with Crippen molar-refractivity contribution in [1.29, 1.82) is 0 Å². The number of hydrogen-bond donors (Lipinski definition) is 1. The molecule has 0 saturated carbocycles. The maximum Gasteiger partial charge on any atom is 0.437 e. The van der Waals surface area contributed by atoms with Crippen LogP contribution in [0.2, 0.25) is 0 Å². The van der Waals surface area contributed by atoms with Gasteiger partial charge in [0, 0.05) is 24.6 Å². The minimum Gasteiger partial charge on any atom is -0.481 e. The number of amides is 2. The molecule has 2 heterocycles. The number of unbranched alkanes of at least 4 members (excludes halogenated alkanes) is 4. The molecule has 0 aliphatic carbocycles. The smallest absolute Gasteiger partial charge is 0.437 e. The fourth-order valence-corrected chi connectivity index (χ4v) is 4.93. The molecule has 2 amide bonds. The fourth-order valence-electron chi connectivity index (χ4n) is 4.93. The normalized spacial score (nSPS) is 22.9. The molecule has 1 N–H and O–H groups in total. The minimum atomic E-state index is -1.15. The first-order valence-electron chi connectivity index (χ1n) is 13.6. The first-order valence-corrected chi connectivity index (χ1v) is 13.6. The van der Waals surface area contributed by atoms with Gasteiger partial charge in [-0.05, 0) is 60.8 Å². The Morgan fingerprint density at radius 3 is 2.13 bits per heavy atom. The number of ketones is 1. The maximum atomic E-state index is 13.3. The lowest BCUT2D eigenvalue weighted by atomic mass is 9.92. The molecule has 2 rings (SSSR count). The summed E-state index contributed by atoms with van der Waals surface area (Å²) in [5, 5.41) is 10.1. The second-order valence-electron chi connectivity index (χ2n) is 12.1.